The Morgan fingerprint density at radius 3 is 2.67 bits per heavy atom. The molecule has 0 aromatic heterocycles. The van der Waals surface area contributed by atoms with Gasteiger partial charge in [-0.3, -0.25) is 4.57 Å². The Morgan fingerprint density at radius 2 is 2.03 bits per heavy atom. The van der Waals surface area contributed by atoms with Crippen molar-refractivity contribution in [1.29, 1.82) is 0 Å². The molecule has 2 aliphatic rings. The summed E-state index contributed by atoms with van der Waals surface area (Å²) in [5.41, 5.74) is 2.85. The van der Waals surface area contributed by atoms with E-state index >= 15 is 0 Å². The van der Waals surface area contributed by atoms with Crippen LogP contribution < -0.4 is 15.1 Å². The highest BCUT2D eigenvalue weighted by molar-refractivity contribution is 7.45. The molecule has 172 valence electrons. The van der Waals surface area contributed by atoms with Crippen LogP contribution in [-0.2, 0) is 18.4 Å². The van der Waals surface area contributed by atoms with E-state index in [9.17, 15) is 24.5 Å². The SMILES string of the molecule is C=C1CC[C@H]2C(C)(C)CCC[C@]2(C)[C@H]1CC/C(C)=C/COP(=O)([O-])OC([O-])C(=O)[O-]. The maximum Gasteiger partial charge on any atom is 0.267 e. The molecule has 0 aliphatic heterocycles. The predicted molar refractivity (Wildman–Crippen MR) is 108 cm³/mol. The van der Waals surface area contributed by atoms with Crippen LogP contribution in [0.1, 0.15) is 72.6 Å². The minimum Gasteiger partial charge on any atom is -0.826 e. The highest BCUT2D eigenvalue weighted by atomic mass is 31.2. The van der Waals surface area contributed by atoms with Gasteiger partial charge in [0.2, 0.25) is 0 Å². The first-order chi connectivity index (χ1) is 13.8. The Hall–Kier alpha value is -0.980. The molecule has 2 rings (SSSR count). The van der Waals surface area contributed by atoms with Crippen LogP contribution in [0.2, 0.25) is 0 Å². The zero-order chi connectivity index (χ0) is 22.7. The monoisotopic (exact) mass is 441 g/mol. The number of phosphoric acid groups is 1. The molecule has 0 spiro atoms. The molecular formula is C22H34O7P-3. The van der Waals surface area contributed by atoms with Crippen LogP contribution in [0.15, 0.2) is 23.8 Å². The summed E-state index contributed by atoms with van der Waals surface area (Å²) in [6.07, 6.45) is 6.49. The number of phosphoric ester groups is 1. The number of rotatable bonds is 9. The molecule has 0 bridgehead atoms. The quantitative estimate of drug-likeness (QED) is 0.306. The van der Waals surface area contributed by atoms with Gasteiger partial charge in [0.15, 0.2) is 0 Å². The summed E-state index contributed by atoms with van der Waals surface area (Å²) in [5.74, 6) is -1.06. The zero-order valence-electron chi connectivity index (χ0n) is 18.5. The van der Waals surface area contributed by atoms with Gasteiger partial charge >= 0.3 is 0 Å². The van der Waals surface area contributed by atoms with Gasteiger partial charge in [-0.25, -0.2) is 0 Å². The number of hydrogen-bond acceptors (Lipinski definition) is 7. The molecular weight excluding hydrogens is 407 g/mol. The van der Waals surface area contributed by atoms with Gasteiger partial charge in [-0.15, -0.1) is 0 Å². The van der Waals surface area contributed by atoms with Gasteiger partial charge in [0, 0.05) is 6.29 Å². The van der Waals surface area contributed by atoms with Gasteiger partial charge in [0.25, 0.3) is 7.82 Å². The van der Waals surface area contributed by atoms with E-state index in [2.05, 4.69) is 36.4 Å². The van der Waals surface area contributed by atoms with E-state index in [0.717, 1.165) is 24.8 Å². The molecule has 2 unspecified atom stereocenters. The molecule has 5 atom stereocenters. The fourth-order valence-electron chi connectivity index (χ4n) is 5.74. The van der Waals surface area contributed by atoms with E-state index in [1.165, 1.54) is 31.3 Å². The van der Waals surface area contributed by atoms with Crippen molar-refractivity contribution in [2.45, 2.75) is 78.9 Å². The van der Waals surface area contributed by atoms with E-state index in [1.54, 1.807) is 6.08 Å². The smallest absolute Gasteiger partial charge is 0.267 e. The standard InChI is InChI=1S/C22H36O7P/c1-15(11-14-28-30(26,27)29-20(25)19(23)24)7-9-17-16(2)8-10-18-21(3,4)12-6-13-22(17,18)5/h11,17-18,20H,2,6-10,12-14H2,1,3-5H3,(H,23,24)(H,26,27)/q-1/p-2/b15-11+/t17-,18-,20?,22+/m0/s1. The lowest BCUT2D eigenvalue weighted by molar-refractivity contribution is -0.487. The van der Waals surface area contributed by atoms with Gasteiger partial charge in [-0.1, -0.05) is 51.0 Å². The summed E-state index contributed by atoms with van der Waals surface area (Å²) in [7, 11) is -5.00. The predicted octanol–water partition coefficient (Wildman–Crippen LogP) is 2.45. The lowest BCUT2D eigenvalue weighted by Crippen LogP contribution is -2.49. The van der Waals surface area contributed by atoms with Crippen molar-refractivity contribution in [2.75, 3.05) is 6.61 Å². The number of carbonyl (C=O) groups is 1. The van der Waals surface area contributed by atoms with Crippen molar-refractivity contribution in [3.8, 4) is 0 Å². The molecule has 0 N–H and O–H groups in total. The number of carbonyl (C=O) groups excluding carboxylic acids is 1. The summed E-state index contributed by atoms with van der Waals surface area (Å²) >= 11 is 0. The van der Waals surface area contributed by atoms with Crippen LogP contribution >= 0.6 is 7.82 Å². The summed E-state index contributed by atoms with van der Waals surface area (Å²) in [5, 5.41) is 21.2. The lowest BCUT2D eigenvalue weighted by atomic mass is 9.47. The van der Waals surface area contributed by atoms with Crippen molar-refractivity contribution in [3.05, 3.63) is 23.8 Å². The third kappa shape index (κ3) is 6.04. The number of carboxylic acid groups (broad SMARTS) is 1. The summed E-state index contributed by atoms with van der Waals surface area (Å²) in [6.45, 7) is 13.1. The first kappa shape index (κ1) is 25.3. The normalized spacial score (nSPS) is 32.2. The molecule has 0 radical (unpaired) electrons. The third-order valence-electron chi connectivity index (χ3n) is 7.23. The second-order valence-electron chi connectivity index (χ2n) is 9.74. The van der Waals surface area contributed by atoms with E-state index in [-0.39, 0.29) is 12.0 Å². The third-order valence-corrected chi connectivity index (χ3v) is 8.14. The van der Waals surface area contributed by atoms with Gasteiger partial charge in [0.05, 0.1) is 12.6 Å². The second kappa shape index (κ2) is 9.66. The average molecular weight is 441 g/mol. The Labute approximate surface area is 179 Å². The minimum absolute atomic E-state index is 0.237. The number of aliphatic carboxylic acids is 1. The summed E-state index contributed by atoms with van der Waals surface area (Å²) < 4.78 is 19.9. The molecule has 30 heavy (non-hydrogen) atoms. The molecule has 8 heteroatoms. The summed E-state index contributed by atoms with van der Waals surface area (Å²) in [6, 6.07) is 0. The van der Waals surface area contributed by atoms with Crippen LogP contribution in [0.5, 0.6) is 0 Å². The first-order valence-corrected chi connectivity index (χ1v) is 12.1. The first-order valence-electron chi connectivity index (χ1n) is 10.6. The van der Waals surface area contributed by atoms with Crippen LogP contribution in [0, 0.1) is 22.7 Å². The van der Waals surface area contributed by atoms with Crippen molar-refractivity contribution in [3.63, 3.8) is 0 Å². The molecule has 2 aliphatic carbocycles. The number of carboxylic acids is 1. The van der Waals surface area contributed by atoms with E-state index in [1.807, 2.05) is 6.92 Å². The summed E-state index contributed by atoms with van der Waals surface area (Å²) in [4.78, 5) is 21.8. The highest BCUT2D eigenvalue weighted by Crippen LogP contribution is 2.61. The maximum absolute atomic E-state index is 11.5. The molecule has 7 nitrogen and oxygen atoms in total. The number of allylic oxidation sites excluding steroid dienone is 2. The van der Waals surface area contributed by atoms with Crippen molar-refractivity contribution < 1.29 is 33.5 Å². The van der Waals surface area contributed by atoms with Crippen molar-refractivity contribution in [1.82, 2.24) is 0 Å². The minimum atomic E-state index is -5.00. The van der Waals surface area contributed by atoms with Crippen LogP contribution in [-0.4, -0.2) is 18.9 Å². The lowest BCUT2D eigenvalue weighted by Gasteiger charge is -2.58. The fourth-order valence-corrected chi connectivity index (χ4v) is 6.38. The highest BCUT2D eigenvalue weighted by Gasteiger charge is 2.52. The van der Waals surface area contributed by atoms with Crippen LogP contribution in [0.25, 0.3) is 0 Å². The van der Waals surface area contributed by atoms with E-state index in [0.29, 0.717) is 17.3 Å². The number of hydrogen-bond donors (Lipinski definition) is 0. The number of fused-ring (bicyclic) bond motifs is 1. The largest absolute Gasteiger partial charge is 0.826 e. The molecule has 0 heterocycles. The van der Waals surface area contributed by atoms with E-state index < -0.39 is 20.1 Å². The van der Waals surface area contributed by atoms with Gasteiger partial charge in [0.1, 0.15) is 0 Å². The van der Waals surface area contributed by atoms with Crippen molar-refractivity contribution in [2.24, 2.45) is 22.7 Å². The Balaban J connectivity index is 1.94. The van der Waals surface area contributed by atoms with Gasteiger partial charge < -0.3 is 28.9 Å². The Morgan fingerprint density at radius 1 is 1.37 bits per heavy atom. The molecule has 2 saturated carbocycles. The molecule has 0 amide bonds. The van der Waals surface area contributed by atoms with Gasteiger partial charge in [-0.2, -0.15) is 0 Å². The maximum atomic E-state index is 11.5. The average Bonchev–Trinajstić information content (AvgIpc) is 2.59. The topological polar surface area (TPSA) is 122 Å². The molecule has 2 fully saturated rings. The van der Waals surface area contributed by atoms with Crippen LogP contribution in [0.4, 0.5) is 0 Å². The second-order valence-corrected chi connectivity index (χ2v) is 11.1. The fraction of sp³-hybridized carbons (Fsp3) is 0.773. The van der Waals surface area contributed by atoms with Crippen LogP contribution in [0.3, 0.4) is 0 Å². The Kier molecular flexibility index (Phi) is 8.14. The molecule has 0 saturated heterocycles. The van der Waals surface area contributed by atoms with Crippen molar-refractivity contribution >= 4 is 13.8 Å². The zero-order valence-corrected chi connectivity index (χ0v) is 19.4. The molecule has 0 aromatic rings. The van der Waals surface area contributed by atoms with Gasteiger partial charge in [-0.05, 0) is 68.1 Å². The molecule has 0 aromatic carbocycles. The Bertz CT molecular complexity index is 729. The van der Waals surface area contributed by atoms with E-state index in [4.69, 9.17) is 0 Å².